The van der Waals surface area contributed by atoms with Crippen LogP contribution in [0, 0.1) is 11.2 Å². The maximum absolute atomic E-state index is 15.2. The van der Waals surface area contributed by atoms with Crippen molar-refractivity contribution in [3.8, 4) is 23.0 Å². The summed E-state index contributed by atoms with van der Waals surface area (Å²) in [5.74, 6) is -0.131. The standard InChI is InChI=1S/C33H30FN3O6/c1-40-28-16-23-25(17-29(28)42-22-18-32(10-11-32)41-19-22)35-14-9-26(23)43-27-8-7-21(15-24(27)34)37-31(39)33(12-13-33)30(38)36-20-5-3-2-4-6-20/h2-9,14-17,22H,10-13,18-19H2,1H3,(H,36,38)(H,37,39). The van der Waals surface area contributed by atoms with E-state index in [4.69, 9.17) is 18.9 Å². The SMILES string of the molecule is COc1cc2c(Oc3ccc(NC(=O)C4(C(=O)Nc5ccccc5)CC4)cc3F)ccnc2cc1OC1COC2(CC2)C1. The molecule has 1 atom stereocenters. The quantitative estimate of drug-likeness (QED) is 0.225. The minimum absolute atomic E-state index is 0.00719. The highest BCUT2D eigenvalue weighted by atomic mass is 19.1. The van der Waals surface area contributed by atoms with Gasteiger partial charge in [0, 0.05) is 41.5 Å². The third-order valence-corrected chi connectivity index (χ3v) is 8.32. The van der Waals surface area contributed by atoms with Crippen molar-refractivity contribution in [2.24, 2.45) is 5.41 Å². The van der Waals surface area contributed by atoms with Crippen LogP contribution in [0.15, 0.2) is 72.9 Å². The van der Waals surface area contributed by atoms with Gasteiger partial charge in [0.05, 0.1) is 24.8 Å². The highest BCUT2D eigenvalue weighted by Crippen LogP contribution is 2.49. The van der Waals surface area contributed by atoms with Crippen LogP contribution in [-0.4, -0.2) is 42.2 Å². The van der Waals surface area contributed by atoms with Crippen molar-refractivity contribution in [2.45, 2.75) is 43.8 Å². The first-order valence-electron chi connectivity index (χ1n) is 14.3. The predicted octanol–water partition coefficient (Wildman–Crippen LogP) is 6.23. The Kier molecular flexibility index (Phi) is 6.65. The number of hydrogen-bond donors (Lipinski definition) is 2. The maximum Gasteiger partial charge on any atom is 0.240 e. The lowest BCUT2D eigenvalue weighted by molar-refractivity contribution is -0.131. The van der Waals surface area contributed by atoms with Crippen LogP contribution < -0.4 is 24.8 Å². The molecule has 2 aliphatic carbocycles. The van der Waals surface area contributed by atoms with Gasteiger partial charge in [-0.3, -0.25) is 14.6 Å². The summed E-state index contributed by atoms with van der Waals surface area (Å²) in [7, 11) is 1.56. The number of anilines is 2. The van der Waals surface area contributed by atoms with Crippen LogP contribution in [0.25, 0.3) is 10.9 Å². The smallest absolute Gasteiger partial charge is 0.240 e. The Bertz CT molecular complexity index is 1720. The van der Waals surface area contributed by atoms with Crippen molar-refractivity contribution in [2.75, 3.05) is 24.4 Å². The van der Waals surface area contributed by atoms with E-state index in [1.54, 1.807) is 55.8 Å². The summed E-state index contributed by atoms with van der Waals surface area (Å²) in [5.41, 5.74) is 0.247. The van der Waals surface area contributed by atoms with Crippen LogP contribution >= 0.6 is 0 Å². The number of pyridine rings is 1. The molecule has 2 heterocycles. The van der Waals surface area contributed by atoms with E-state index in [9.17, 15) is 9.59 Å². The number of carbonyl (C=O) groups is 2. The lowest BCUT2D eigenvalue weighted by Crippen LogP contribution is -2.35. The molecular weight excluding hydrogens is 553 g/mol. The van der Waals surface area contributed by atoms with Gasteiger partial charge in [0.25, 0.3) is 0 Å². The van der Waals surface area contributed by atoms with Gasteiger partial charge in [-0.15, -0.1) is 0 Å². The molecule has 2 amide bonds. The number of fused-ring (bicyclic) bond motifs is 1. The Hall–Kier alpha value is -4.70. The number of ether oxygens (including phenoxy) is 4. The van der Waals surface area contributed by atoms with Gasteiger partial charge in [-0.25, -0.2) is 4.39 Å². The molecule has 3 fully saturated rings. The predicted molar refractivity (Wildman–Crippen MR) is 157 cm³/mol. The topological polar surface area (TPSA) is 108 Å². The van der Waals surface area contributed by atoms with Gasteiger partial charge in [-0.1, -0.05) is 18.2 Å². The minimum Gasteiger partial charge on any atom is -0.493 e. The Morgan fingerprint density at radius 2 is 1.65 bits per heavy atom. The van der Waals surface area contributed by atoms with Crippen LogP contribution in [0.3, 0.4) is 0 Å². The van der Waals surface area contributed by atoms with Crippen LogP contribution in [0.2, 0.25) is 0 Å². The molecule has 1 spiro atoms. The summed E-state index contributed by atoms with van der Waals surface area (Å²) in [5, 5.41) is 6.09. The molecule has 1 saturated heterocycles. The summed E-state index contributed by atoms with van der Waals surface area (Å²) in [4.78, 5) is 30.3. The summed E-state index contributed by atoms with van der Waals surface area (Å²) < 4.78 is 38.9. The van der Waals surface area contributed by atoms with Gasteiger partial charge in [0.1, 0.15) is 17.3 Å². The van der Waals surface area contributed by atoms with E-state index in [1.807, 2.05) is 6.07 Å². The van der Waals surface area contributed by atoms with E-state index in [0.717, 1.165) is 19.3 Å². The summed E-state index contributed by atoms with van der Waals surface area (Å²) in [6.07, 6.45) is 5.34. The Morgan fingerprint density at radius 3 is 2.33 bits per heavy atom. The number of nitrogens with one attached hydrogen (secondary N) is 2. The summed E-state index contributed by atoms with van der Waals surface area (Å²) in [6.45, 7) is 0.537. The first kappa shape index (κ1) is 27.2. The fourth-order valence-electron chi connectivity index (χ4n) is 5.50. The van der Waals surface area contributed by atoms with Crippen molar-refractivity contribution < 1.29 is 32.9 Å². The number of para-hydroxylation sites is 1. The third-order valence-electron chi connectivity index (χ3n) is 8.32. The van der Waals surface area contributed by atoms with Crippen LogP contribution in [0.1, 0.15) is 32.1 Å². The number of rotatable bonds is 9. The lowest BCUT2D eigenvalue weighted by Gasteiger charge is -2.17. The highest BCUT2D eigenvalue weighted by Gasteiger charge is 2.56. The summed E-state index contributed by atoms with van der Waals surface area (Å²) >= 11 is 0. The number of hydrogen-bond acceptors (Lipinski definition) is 7. The number of nitrogens with zero attached hydrogens (tertiary/aromatic N) is 1. The third kappa shape index (κ3) is 5.34. The largest absolute Gasteiger partial charge is 0.493 e. The second kappa shape index (κ2) is 10.5. The normalized spacial score (nSPS) is 19.1. The number of amides is 2. The molecular formula is C33H30FN3O6. The first-order valence-corrected chi connectivity index (χ1v) is 14.3. The highest BCUT2D eigenvalue weighted by molar-refractivity contribution is 6.16. The van der Waals surface area contributed by atoms with Crippen LogP contribution in [-0.2, 0) is 14.3 Å². The van der Waals surface area contributed by atoms with Gasteiger partial charge in [-0.2, -0.15) is 0 Å². The van der Waals surface area contributed by atoms with Crippen molar-refractivity contribution in [3.63, 3.8) is 0 Å². The first-order chi connectivity index (χ1) is 20.9. The zero-order valence-corrected chi connectivity index (χ0v) is 23.5. The molecule has 0 bridgehead atoms. The zero-order chi connectivity index (χ0) is 29.6. The van der Waals surface area contributed by atoms with Gasteiger partial charge >= 0.3 is 0 Å². The number of halogens is 1. The van der Waals surface area contributed by atoms with E-state index in [-0.39, 0.29) is 29.0 Å². The molecule has 1 aliphatic heterocycles. The van der Waals surface area contributed by atoms with Crippen molar-refractivity contribution in [1.29, 1.82) is 0 Å². The number of carbonyl (C=O) groups excluding carboxylic acids is 2. The average Bonchev–Trinajstić information content (AvgIpc) is 3.93. The van der Waals surface area contributed by atoms with Crippen molar-refractivity contribution in [3.05, 3.63) is 78.7 Å². The van der Waals surface area contributed by atoms with Crippen molar-refractivity contribution >= 4 is 34.1 Å². The second-order valence-electron chi connectivity index (χ2n) is 11.4. The van der Waals surface area contributed by atoms with E-state index in [0.29, 0.717) is 53.3 Å². The van der Waals surface area contributed by atoms with Crippen LogP contribution in [0.5, 0.6) is 23.0 Å². The van der Waals surface area contributed by atoms with Crippen molar-refractivity contribution in [1.82, 2.24) is 4.98 Å². The minimum atomic E-state index is -1.18. The molecule has 1 unspecified atom stereocenters. The number of aromatic nitrogens is 1. The molecule has 7 rings (SSSR count). The lowest BCUT2D eigenvalue weighted by atomic mass is 10.0. The van der Waals surface area contributed by atoms with E-state index in [1.165, 1.54) is 18.2 Å². The average molecular weight is 584 g/mol. The molecule has 220 valence electrons. The molecule has 9 nitrogen and oxygen atoms in total. The Morgan fingerprint density at radius 1 is 0.884 bits per heavy atom. The molecule has 4 aromatic rings. The maximum atomic E-state index is 15.2. The monoisotopic (exact) mass is 583 g/mol. The Labute approximate surface area is 247 Å². The fourth-order valence-corrected chi connectivity index (χ4v) is 5.50. The molecule has 43 heavy (non-hydrogen) atoms. The van der Waals surface area contributed by atoms with Gasteiger partial charge in [0.15, 0.2) is 23.1 Å². The van der Waals surface area contributed by atoms with Gasteiger partial charge in [-0.05, 0) is 62.1 Å². The molecule has 2 saturated carbocycles. The zero-order valence-electron chi connectivity index (χ0n) is 23.5. The molecule has 0 radical (unpaired) electrons. The van der Waals surface area contributed by atoms with Gasteiger partial charge < -0.3 is 29.6 Å². The molecule has 2 N–H and O–H groups in total. The van der Waals surface area contributed by atoms with Crippen LogP contribution in [0.4, 0.5) is 15.8 Å². The second-order valence-corrected chi connectivity index (χ2v) is 11.4. The molecule has 3 aliphatic rings. The van der Waals surface area contributed by atoms with E-state index < -0.39 is 17.1 Å². The molecule has 1 aromatic heterocycles. The Balaban J connectivity index is 1.05. The molecule has 10 heteroatoms. The molecule has 3 aromatic carbocycles. The number of methoxy groups -OCH3 is 1. The van der Waals surface area contributed by atoms with E-state index in [2.05, 4.69) is 15.6 Å². The van der Waals surface area contributed by atoms with Gasteiger partial charge in [0.2, 0.25) is 11.8 Å². The fraction of sp³-hybridized carbons (Fsp3) is 0.303. The summed E-state index contributed by atoms with van der Waals surface area (Å²) in [6, 6.07) is 18.3. The number of benzene rings is 3. The van der Waals surface area contributed by atoms with E-state index >= 15 is 4.39 Å².